The van der Waals surface area contributed by atoms with Crippen LogP contribution in [0.1, 0.15) is 11.1 Å². The Balaban J connectivity index is 1.96. The van der Waals surface area contributed by atoms with Crippen LogP contribution < -0.4 is 4.72 Å². The van der Waals surface area contributed by atoms with Crippen molar-refractivity contribution in [2.24, 2.45) is 0 Å². The van der Waals surface area contributed by atoms with Gasteiger partial charge in [-0.25, -0.2) is 8.42 Å². The lowest BCUT2D eigenvalue weighted by atomic mass is 10.0. The molecule has 0 saturated carbocycles. The van der Waals surface area contributed by atoms with Gasteiger partial charge < -0.3 is 0 Å². The fourth-order valence-corrected chi connectivity index (χ4v) is 4.37. The molecule has 0 saturated heterocycles. The van der Waals surface area contributed by atoms with Gasteiger partial charge in [-0.15, -0.1) is 11.3 Å². The molecule has 0 aliphatic heterocycles. The van der Waals surface area contributed by atoms with Crippen molar-refractivity contribution in [1.82, 2.24) is 0 Å². The molecule has 0 aliphatic rings. The summed E-state index contributed by atoms with van der Waals surface area (Å²) >= 11 is 1.18. The predicted molar refractivity (Wildman–Crippen MR) is 96.5 cm³/mol. The molecular formula is C18H14N2O2S2. The van der Waals surface area contributed by atoms with Gasteiger partial charge in [-0.3, -0.25) is 4.72 Å². The van der Waals surface area contributed by atoms with Gasteiger partial charge in [-0.05, 0) is 53.3 Å². The zero-order valence-corrected chi connectivity index (χ0v) is 14.5. The number of nitrogens with one attached hydrogen (secondary N) is 1. The second-order valence-corrected chi connectivity index (χ2v) is 8.11. The van der Waals surface area contributed by atoms with Gasteiger partial charge in [0.2, 0.25) is 0 Å². The molecule has 1 heterocycles. The summed E-state index contributed by atoms with van der Waals surface area (Å²) < 4.78 is 27.8. The van der Waals surface area contributed by atoms with Gasteiger partial charge in [0.05, 0.1) is 17.3 Å². The maximum Gasteiger partial charge on any atom is 0.271 e. The van der Waals surface area contributed by atoms with Gasteiger partial charge in [-0.2, -0.15) is 5.26 Å². The van der Waals surface area contributed by atoms with Crippen molar-refractivity contribution in [2.45, 2.75) is 11.1 Å². The van der Waals surface area contributed by atoms with Crippen LogP contribution in [0.25, 0.3) is 11.1 Å². The molecule has 0 aliphatic carbocycles. The van der Waals surface area contributed by atoms with Crippen LogP contribution in [0.2, 0.25) is 0 Å². The largest absolute Gasteiger partial charge is 0.279 e. The molecular weight excluding hydrogens is 340 g/mol. The van der Waals surface area contributed by atoms with E-state index in [9.17, 15) is 8.42 Å². The van der Waals surface area contributed by atoms with E-state index in [1.807, 2.05) is 37.3 Å². The van der Waals surface area contributed by atoms with Gasteiger partial charge in [0.25, 0.3) is 10.0 Å². The van der Waals surface area contributed by atoms with Crippen molar-refractivity contribution < 1.29 is 8.42 Å². The molecule has 0 amide bonds. The van der Waals surface area contributed by atoms with Crippen LogP contribution in [-0.4, -0.2) is 8.42 Å². The van der Waals surface area contributed by atoms with E-state index in [1.54, 1.807) is 29.6 Å². The van der Waals surface area contributed by atoms with Crippen LogP contribution in [0.4, 0.5) is 5.69 Å². The standard InChI is InChI=1S/C18H14N2O2S2/c1-13-4-7-16(15-8-5-14(12-19)6-9-15)11-17(13)20-24(21,22)18-3-2-10-23-18/h2-11,20H,1H3. The number of thiophene rings is 1. The normalized spacial score (nSPS) is 11.0. The van der Waals surface area contributed by atoms with Crippen molar-refractivity contribution in [3.05, 3.63) is 71.1 Å². The summed E-state index contributed by atoms with van der Waals surface area (Å²) in [5.74, 6) is 0. The van der Waals surface area contributed by atoms with Crippen LogP contribution in [0.5, 0.6) is 0 Å². The highest BCUT2D eigenvalue weighted by Gasteiger charge is 2.16. The Kier molecular flexibility index (Phi) is 4.38. The van der Waals surface area contributed by atoms with E-state index < -0.39 is 10.0 Å². The zero-order chi connectivity index (χ0) is 17.2. The molecule has 2 aromatic carbocycles. The lowest BCUT2D eigenvalue weighted by Crippen LogP contribution is -2.12. The number of nitriles is 1. The molecule has 1 aromatic heterocycles. The maximum atomic E-state index is 12.4. The number of rotatable bonds is 4. The van der Waals surface area contributed by atoms with Crippen LogP contribution in [0, 0.1) is 18.3 Å². The molecule has 120 valence electrons. The number of hydrogen-bond acceptors (Lipinski definition) is 4. The lowest BCUT2D eigenvalue weighted by Gasteiger charge is -2.11. The Hall–Kier alpha value is -2.62. The fraction of sp³-hybridized carbons (Fsp3) is 0.0556. The molecule has 0 spiro atoms. The van der Waals surface area contributed by atoms with Crippen LogP contribution in [0.15, 0.2) is 64.2 Å². The van der Waals surface area contributed by atoms with Gasteiger partial charge in [-0.1, -0.05) is 30.3 Å². The van der Waals surface area contributed by atoms with Gasteiger partial charge in [0.15, 0.2) is 0 Å². The quantitative estimate of drug-likeness (QED) is 0.755. The summed E-state index contributed by atoms with van der Waals surface area (Å²) in [5.41, 5.74) is 3.78. The molecule has 0 radical (unpaired) electrons. The third-order valence-corrected chi connectivity index (χ3v) is 6.35. The molecule has 3 aromatic rings. The number of nitrogens with zero attached hydrogens (tertiary/aromatic N) is 1. The SMILES string of the molecule is Cc1ccc(-c2ccc(C#N)cc2)cc1NS(=O)(=O)c1cccs1. The molecule has 4 nitrogen and oxygen atoms in total. The third-order valence-electron chi connectivity index (χ3n) is 3.59. The summed E-state index contributed by atoms with van der Waals surface area (Å²) in [7, 11) is -3.58. The number of aryl methyl sites for hydroxylation is 1. The Bertz CT molecular complexity index is 1000. The average Bonchev–Trinajstić information content (AvgIpc) is 3.12. The Morgan fingerprint density at radius 1 is 1.04 bits per heavy atom. The monoisotopic (exact) mass is 354 g/mol. The van der Waals surface area contributed by atoms with E-state index in [1.165, 1.54) is 11.3 Å². The molecule has 0 unspecified atom stereocenters. The fourth-order valence-electron chi connectivity index (χ4n) is 2.26. The molecule has 1 N–H and O–H groups in total. The smallest absolute Gasteiger partial charge is 0.271 e. The average molecular weight is 354 g/mol. The van der Waals surface area contributed by atoms with E-state index in [4.69, 9.17) is 5.26 Å². The highest BCUT2D eigenvalue weighted by atomic mass is 32.2. The Morgan fingerprint density at radius 2 is 1.75 bits per heavy atom. The minimum absolute atomic E-state index is 0.283. The maximum absolute atomic E-state index is 12.4. The summed E-state index contributed by atoms with van der Waals surface area (Å²) in [4.78, 5) is 0. The molecule has 6 heteroatoms. The van der Waals surface area contributed by atoms with Crippen molar-refractivity contribution in [3.8, 4) is 17.2 Å². The molecule has 0 bridgehead atoms. The van der Waals surface area contributed by atoms with E-state index >= 15 is 0 Å². The molecule has 24 heavy (non-hydrogen) atoms. The van der Waals surface area contributed by atoms with Crippen molar-refractivity contribution >= 4 is 27.0 Å². The van der Waals surface area contributed by atoms with Crippen LogP contribution in [-0.2, 0) is 10.0 Å². The highest BCUT2D eigenvalue weighted by Crippen LogP contribution is 2.28. The van der Waals surface area contributed by atoms with E-state index in [-0.39, 0.29) is 4.21 Å². The van der Waals surface area contributed by atoms with Crippen molar-refractivity contribution in [2.75, 3.05) is 4.72 Å². The summed E-state index contributed by atoms with van der Waals surface area (Å²) in [6, 6.07) is 18.2. The second-order valence-electron chi connectivity index (χ2n) is 5.26. The van der Waals surface area contributed by atoms with Crippen molar-refractivity contribution in [3.63, 3.8) is 0 Å². The first kappa shape index (κ1) is 16.2. The summed E-state index contributed by atoms with van der Waals surface area (Å²) in [6.07, 6.45) is 0. The van der Waals surface area contributed by atoms with Crippen LogP contribution in [0.3, 0.4) is 0 Å². The first-order valence-electron chi connectivity index (χ1n) is 7.17. The number of sulfonamides is 1. The molecule has 0 atom stereocenters. The van der Waals surface area contributed by atoms with Crippen molar-refractivity contribution in [1.29, 1.82) is 5.26 Å². The molecule has 3 rings (SSSR count). The number of benzene rings is 2. The van der Waals surface area contributed by atoms with E-state index in [0.717, 1.165) is 16.7 Å². The lowest BCUT2D eigenvalue weighted by molar-refractivity contribution is 0.603. The predicted octanol–water partition coefficient (Wildman–Crippen LogP) is 4.40. The van der Waals surface area contributed by atoms with Crippen LogP contribution >= 0.6 is 11.3 Å². The first-order valence-corrected chi connectivity index (χ1v) is 9.53. The zero-order valence-electron chi connectivity index (χ0n) is 12.9. The summed E-state index contributed by atoms with van der Waals surface area (Å²) in [6.45, 7) is 1.86. The number of anilines is 1. The third kappa shape index (κ3) is 3.32. The minimum atomic E-state index is -3.58. The first-order chi connectivity index (χ1) is 11.5. The summed E-state index contributed by atoms with van der Waals surface area (Å²) in [5, 5.41) is 10.6. The number of hydrogen-bond donors (Lipinski definition) is 1. The molecule has 0 fully saturated rings. The Labute approximate surface area is 145 Å². The van der Waals surface area contributed by atoms with E-state index in [2.05, 4.69) is 10.8 Å². The Morgan fingerprint density at radius 3 is 2.38 bits per heavy atom. The second kappa shape index (κ2) is 6.48. The topological polar surface area (TPSA) is 70.0 Å². The van der Waals surface area contributed by atoms with Gasteiger partial charge in [0.1, 0.15) is 4.21 Å². The van der Waals surface area contributed by atoms with E-state index in [0.29, 0.717) is 11.3 Å². The minimum Gasteiger partial charge on any atom is -0.279 e. The van der Waals surface area contributed by atoms with Gasteiger partial charge in [0, 0.05) is 0 Å². The highest BCUT2D eigenvalue weighted by molar-refractivity contribution is 7.94. The van der Waals surface area contributed by atoms with Gasteiger partial charge >= 0.3 is 0 Å².